The summed E-state index contributed by atoms with van der Waals surface area (Å²) in [7, 11) is 0. The fraction of sp³-hybridized carbons (Fsp3) is 0.941. The summed E-state index contributed by atoms with van der Waals surface area (Å²) in [6.07, 6.45) is 3.94. The molecule has 21 heavy (non-hydrogen) atoms. The first-order valence-corrected chi connectivity index (χ1v) is 8.66. The summed E-state index contributed by atoms with van der Waals surface area (Å²) in [6, 6.07) is 0.574. The van der Waals surface area contributed by atoms with Crippen molar-refractivity contribution >= 4 is 5.97 Å². The Morgan fingerprint density at radius 2 is 2.10 bits per heavy atom. The molecule has 1 N–H and O–H groups in total. The van der Waals surface area contributed by atoms with E-state index in [0.29, 0.717) is 25.0 Å². The minimum absolute atomic E-state index is 0.0459. The van der Waals surface area contributed by atoms with E-state index in [4.69, 9.17) is 4.74 Å². The molecule has 1 fully saturated rings. The van der Waals surface area contributed by atoms with Crippen LogP contribution in [0.2, 0.25) is 0 Å². The highest BCUT2D eigenvalue weighted by molar-refractivity contribution is 5.69. The lowest BCUT2D eigenvalue weighted by molar-refractivity contribution is -0.143. The van der Waals surface area contributed by atoms with Crippen molar-refractivity contribution < 1.29 is 9.53 Å². The summed E-state index contributed by atoms with van der Waals surface area (Å²) in [4.78, 5) is 14.0. The Morgan fingerprint density at radius 3 is 2.71 bits per heavy atom. The molecule has 0 saturated carbocycles. The predicted molar refractivity (Wildman–Crippen MR) is 87.3 cm³/mol. The third-order valence-electron chi connectivity index (χ3n) is 4.28. The van der Waals surface area contributed by atoms with E-state index in [1.54, 1.807) is 0 Å². The highest BCUT2D eigenvalue weighted by Crippen LogP contribution is 2.21. The van der Waals surface area contributed by atoms with Crippen LogP contribution in [0.5, 0.6) is 0 Å². The molecule has 0 aromatic rings. The summed E-state index contributed by atoms with van der Waals surface area (Å²) in [5.41, 5.74) is 0. The van der Waals surface area contributed by atoms with Crippen LogP contribution in [-0.2, 0) is 9.53 Å². The monoisotopic (exact) mass is 298 g/mol. The van der Waals surface area contributed by atoms with Crippen molar-refractivity contribution in [3.05, 3.63) is 0 Å². The van der Waals surface area contributed by atoms with Gasteiger partial charge in [0.2, 0.25) is 0 Å². The van der Waals surface area contributed by atoms with Crippen LogP contribution in [0, 0.1) is 11.8 Å². The van der Waals surface area contributed by atoms with Crippen LogP contribution in [0.4, 0.5) is 0 Å². The van der Waals surface area contributed by atoms with Crippen molar-refractivity contribution in [3.63, 3.8) is 0 Å². The molecule has 4 heteroatoms. The maximum atomic E-state index is 11.5. The van der Waals surface area contributed by atoms with Gasteiger partial charge in [0, 0.05) is 25.6 Å². The van der Waals surface area contributed by atoms with E-state index in [2.05, 4.69) is 31.0 Å². The fourth-order valence-corrected chi connectivity index (χ4v) is 3.05. The number of likely N-dealkylation sites (N-methyl/N-ethyl adjacent to an activating group) is 1. The molecule has 0 aromatic heterocycles. The molecule has 0 amide bonds. The molecule has 1 heterocycles. The Balaban J connectivity index is 2.35. The van der Waals surface area contributed by atoms with Gasteiger partial charge in [0.05, 0.1) is 6.61 Å². The molecule has 0 spiro atoms. The van der Waals surface area contributed by atoms with Gasteiger partial charge >= 0.3 is 5.97 Å². The lowest BCUT2D eigenvalue weighted by Crippen LogP contribution is -2.49. The van der Waals surface area contributed by atoms with Gasteiger partial charge in [-0.3, -0.25) is 4.79 Å². The van der Waals surface area contributed by atoms with Crippen molar-refractivity contribution in [1.29, 1.82) is 0 Å². The van der Waals surface area contributed by atoms with E-state index >= 15 is 0 Å². The van der Waals surface area contributed by atoms with Gasteiger partial charge < -0.3 is 15.0 Å². The Kier molecular flexibility index (Phi) is 8.93. The molecule has 1 aliphatic heterocycles. The SMILES string of the molecule is CCOC(=O)CCC1CC(NCCC(C)C)CN(CC)C1. The topological polar surface area (TPSA) is 41.6 Å². The van der Waals surface area contributed by atoms with E-state index in [1.807, 2.05) is 6.92 Å². The number of hydrogen-bond donors (Lipinski definition) is 1. The molecule has 1 aliphatic rings. The normalized spacial score (nSPS) is 23.5. The van der Waals surface area contributed by atoms with Crippen molar-refractivity contribution in [2.24, 2.45) is 11.8 Å². The van der Waals surface area contributed by atoms with Crippen molar-refractivity contribution in [2.75, 3.05) is 32.8 Å². The van der Waals surface area contributed by atoms with Gasteiger partial charge in [-0.15, -0.1) is 0 Å². The van der Waals surface area contributed by atoms with Crippen molar-refractivity contribution in [2.45, 2.75) is 59.4 Å². The Labute approximate surface area is 130 Å². The highest BCUT2D eigenvalue weighted by Gasteiger charge is 2.26. The largest absolute Gasteiger partial charge is 0.466 e. The molecule has 2 unspecified atom stereocenters. The second-order valence-electron chi connectivity index (χ2n) is 6.63. The molecule has 2 atom stereocenters. The van der Waals surface area contributed by atoms with Gasteiger partial charge in [-0.25, -0.2) is 0 Å². The first-order chi connectivity index (χ1) is 10.0. The van der Waals surface area contributed by atoms with Crippen LogP contribution in [0.15, 0.2) is 0 Å². The van der Waals surface area contributed by atoms with Crippen LogP contribution in [-0.4, -0.2) is 49.7 Å². The summed E-state index contributed by atoms with van der Waals surface area (Å²) < 4.78 is 5.04. The second kappa shape index (κ2) is 10.2. The zero-order valence-corrected chi connectivity index (χ0v) is 14.4. The minimum Gasteiger partial charge on any atom is -0.466 e. The molecule has 1 saturated heterocycles. The van der Waals surface area contributed by atoms with Gasteiger partial charge in [-0.05, 0) is 51.1 Å². The Hall–Kier alpha value is -0.610. The first kappa shape index (κ1) is 18.4. The van der Waals surface area contributed by atoms with Crippen LogP contribution in [0.1, 0.15) is 53.4 Å². The number of esters is 1. The third kappa shape index (κ3) is 7.82. The lowest BCUT2D eigenvalue weighted by Gasteiger charge is -2.38. The number of likely N-dealkylation sites (tertiary alicyclic amines) is 1. The quantitative estimate of drug-likeness (QED) is 0.665. The van der Waals surface area contributed by atoms with Gasteiger partial charge in [-0.2, -0.15) is 0 Å². The summed E-state index contributed by atoms with van der Waals surface area (Å²) in [6.45, 7) is 13.6. The molecule has 0 aliphatic carbocycles. The van der Waals surface area contributed by atoms with Gasteiger partial charge in [-0.1, -0.05) is 20.8 Å². The van der Waals surface area contributed by atoms with Crippen LogP contribution in [0.25, 0.3) is 0 Å². The predicted octanol–water partition coefficient (Wildman–Crippen LogP) is 2.68. The number of hydrogen-bond acceptors (Lipinski definition) is 4. The molecule has 0 aromatic carbocycles. The zero-order chi connectivity index (χ0) is 15.7. The molecule has 0 radical (unpaired) electrons. The van der Waals surface area contributed by atoms with E-state index < -0.39 is 0 Å². The average molecular weight is 298 g/mol. The second-order valence-corrected chi connectivity index (χ2v) is 6.63. The van der Waals surface area contributed by atoms with E-state index in [1.165, 1.54) is 12.8 Å². The van der Waals surface area contributed by atoms with E-state index in [9.17, 15) is 4.79 Å². The fourth-order valence-electron chi connectivity index (χ4n) is 3.05. The van der Waals surface area contributed by atoms with E-state index in [-0.39, 0.29) is 5.97 Å². The first-order valence-electron chi connectivity index (χ1n) is 8.66. The van der Waals surface area contributed by atoms with Crippen molar-refractivity contribution in [3.8, 4) is 0 Å². The molecule has 124 valence electrons. The molecule has 1 rings (SSSR count). The maximum absolute atomic E-state index is 11.5. The number of carbonyl (C=O) groups excluding carboxylic acids is 1. The summed E-state index contributed by atoms with van der Waals surface area (Å²) in [5, 5.41) is 3.70. The Morgan fingerprint density at radius 1 is 1.33 bits per heavy atom. The number of carbonyl (C=O) groups is 1. The summed E-state index contributed by atoms with van der Waals surface area (Å²) >= 11 is 0. The van der Waals surface area contributed by atoms with Crippen molar-refractivity contribution in [1.82, 2.24) is 10.2 Å². The number of piperidine rings is 1. The smallest absolute Gasteiger partial charge is 0.305 e. The number of rotatable bonds is 9. The zero-order valence-electron chi connectivity index (χ0n) is 14.4. The van der Waals surface area contributed by atoms with Crippen LogP contribution >= 0.6 is 0 Å². The van der Waals surface area contributed by atoms with E-state index in [0.717, 1.165) is 38.5 Å². The van der Waals surface area contributed by atoms with Gasteiger partial charge in [0.1, 0.15) is 0 Å². The van der Waals surface area contributed by atoms with Gasteiger partial charge in [0.25, 0.3) is 0 Å². The Bertz CT molecular complexity index is 295. The molecular formula is C17H34N2O2. The maximum Gasteiger partial charge on any atom is 0.305 e. The summed E-state index contributed by atoms with van der Waals surface area (Å²) in [5.74, 6) is 1.32. The molecule has 0 bridgehead atoms. The van der Waals surface area contributed by atoms with Gasteiger partial charge in [0.15, 0.2) is 0 Å². The molecule has 4 nitrogen and oxygen atoms in total. The minimum atomic E-state index is -0.0459. The highest BCUT2D eigenvalue weighted by atomic mass is 16.5. The third-order valence-corrected chi connectivity index (χ3v) is 4.28. The molecular weight excluding hydrogens is 264 g/mol. The average Bonchev–Trinajstić information content (AvgIpc) is 2.45. The van der Waals surface area contributed by atoms with Crippen LogP contribution < -0.4 is 5.32 Å². The standard InChI is InChI=1S/C17H34N2O2/c1-5-19-12-15(7-8-17(20)21-6-2)11-16(13-19)18-10-9-14(3)4/h14-16,18H,5-13H2,1-4H3. The van der Waals surface area contributed by atoms with Crippen LogP contribution in [0.3, 0.4) is 0 Å². The number of nitrogens with zero attached hydrogens (tertiary/aromatic N) is 1. The number of nitrogens with one attached hydrogen (secondary N) is 1. The number of ether oxygens (including phenoxy) is 1. The lowest BCUT2D eigenvalue weighted by atomic mass is 9.90.